The van der Waals surface area contributed by atoms with E-state index in [2.05, 4.69) is 20.1 Å². The third kappa shape index (κ3) is 5.30. The van der Waals surface area contributed by atoms with Crippen molar-refractivity contribution in [1.82, 2.24) is 9.80 Å². The van der Waals surface area contributed by atoms with Crippen molar-refractivity contribution >= 4 is 35.2 Å². The molecule has 5 rings (SSSR count). The number of hydrogen-bond donors (Lipinski definition) is 1. The van der Waals surface area contributed by atoms with Crippen molar-refractivity contribution in [3.63, 3.8) is 0 Å². The van der Waals surface area contributed by atoms with Crippen molar-refractivity contribution in [1.29, 1.82) is 0 Å². The number of carbonyl (C=O) groups excluding carboxylic acids is 3. The van der Waals surface area contributed by atoms with Gasteiger partial charge in [-0.15, -0.1) is 24.9 Å². The minimum atomic E-state index is -0.825. The number of thioether (sulfide) groups is 1. The number of rotatable bonds is 11. The van der Waals surface area contributed by atoms with Gasteiger partial charge in [-0.25, -0.2) is 0 Å². The highest BCUT2D eigenvalue weighted by Gasteiger charge is 2.78. The van der Waals surface area contributed by atoms with E-state index >= 15 is 0 Å². The molecule has 0 radical (unpaired) electrons. The Hall–Kier alpha value is -3.36. The molecule has 1 N–H and O–H groups in total. The van der Waals surface area contributed by atoms with E-state index in [9.17, 15) is 19.5 Å². The van der Waals surface area contributed by atoms with Crippen molar-refractivity contribution in [3.8, 4) is 0 Å². The van der Waals surface area contributed by atoms with Crippen molar-refractivity contribution in [2.45, 2.75) is 74.1 Å². The maximum Gasteiger partial charge on any atom is 0.247 e. The molecule has 3 amide bonds. The molecule has 2 unspecified atom stereocenters. The van der Waals surface area contributed by atoms with E-state index in [1.807, 2.05) is 81.4 Å². The monoisotopic (exact) mass is 615 g/mol. The van der Waals surface area contributed by atoms with Gasteiger partial charge in [-0.3, -0.25) is 14.4 Å². The van der Waals surface area contributed by atoms with E-state index in [-0.39, 0.29) is 24.3 Å². The number of fused-ring (bicyclic) bond motifs is 1. The van der Waals surface area contributed by atoms with Gasteiger partial charge in [-0.1, -0.05) is 60.7 Å². The molecule has 6 atom stereocenters. The second-order valence-corrected chi connectivity index (χ2v) is 15.4. The first-order valence-electron chi connectivity index (χ1n) is 15.5. The van der Waals surface area contributed by atoms with Gasteiger partial charge in [0.2, 0.25) is 17.7 Å². The highest BCUT2D eigenvalue weighted by molar-refractivity contribution is 8.02. The van der Waals surface area contributed by atoms with Gasteiger partial charge in [-0.2, -0.15) is 0 Å². The third-order valence-corrected chi connectivity index (χ3v) is 11.7. The zero-order chi connectivity index (χ0) is 31.9. The van der Waals surface area contributed by atoms with Crippen LogP contribution in [0.2, 0.25) is 0 Å². The average molecular weight is 616 g/mol. The lowest BCUT2D eigenvalue weighted by atomic mass is 9.66. The molecule has 44 heavy (non-hydrogen) atoms. The molecule has 3 saturated heterocycles. The van der Waals surface area contributed by atoms with Crippen LogP contribution in [0.15, 0.2) is 86.0 Å². The number of anilines is 1. The van der Waals surface area contributed by atoms with Crippen LogP contribution in [0.4, 0.5) is 5.69 Å². The summed E-state index contributed by atoms with van der Waals surface area (Å²) in [4.78, 5) is 49.6. The van der Waals surface area contributed by atoms with Crippen LogP contribution in [0.25, 0.3) is 0 Å². The van der Waals surface area contributed by atoms with Gasteiger partial charge in [0.15, 0.2) is 0 Å². The number of nitrogens with zero attached hydrogens (tertiary/aromatic N) is 3. The van der Waals surface area contributed by atoms with Crippen LogP contribution in [0.5, 0.6) is 0 Å². The SMILES string of the molecule is C=CCN(C(=O)[C@@H]1[C@H]2C(=O)N([C@@H](CO)Cc3ccccc3)C(C(=O)N(CC=C)C(C)(C)C)C23CC[C@@]1(C)S3)c1ccccc1. The van der Waals surface area contributed by atoms with Crippen molar-refractivity contribution in [2.75, 3.05) is 24.6 Å². The van der Waals surface area contributed by atoms with E-state index < -0.39 is 39.0 Å². The molecule has 3 heterocycles. The normalized spacial score (nSPS) is 28.0. The molecule has 0 aromatic heterocycles. The quantitative estimate of drug-likeness (QED) is 0.356. The van der Waals surface area contributed by atoms with E-state index in [0.29, 0.717) is 32.4 Å². The van der Waals surface area contributed by atoms with Crippen LogP contribution in [0, 0.1) is 11.8 Å². The van der Waals surface area contributed by atoms with Crippen LogP contribution in [-0.4, -0.2) is 79.4 Å². The minimum Gasteiger partial charge on any atom is -0.394 e. The van der Waals surface area contributed by atoms with E-state index in [1.54, 1.807) is 38.6 Å². The smallest absolute Gasteiger partial charge is 0.247 e. The topological polar surface area (TPSA) is 81.2 Å². The highest BCUT2D eigenvalue weighted by atomic mass is 32.2. The first kappa shape index (κ1) is 32.0. The standard InChI is InChI=1S/C36H45N3O4S/c1-7-21-37(26-17-13-10-14-18-26)31(41)28-29-32(42)39(27(24-40)23-25-15-11-9-12-16-25)30(36(29)20-19-35(28,6)44-36)33(43)38(22-8-2)34(3,4)5/h7-18,27-30,40H,1-2,19-24H2,3-6H3/t27-,28+,29+,30?,35-,36?/m1/s1. The number of hydrogen-bond acceptors (Lipinski definition) is 5. The maximum absolute atomic E-state index is 14.9. The zero-order valence-electron chi connectivity index (χ0n) is 26.3. The molecule has 2 aromatic carbocycles. The molecular weight excluding hydrogens is 570 g/mol. The molecule has 3 fully saturated rings. The second kappa shape index (κ2) is 12.2. The van der Waals surface area contributed by atoms with Crippen LogP contribution < -0.4 is 4.90 Å². The summed E-state index contributed by atoms with van der Waals surface area (Å²) < 4.78 is -1.32. The molecule has 2 aromatic rings. The summed E-state index contributed by atoms with van der Waals surface area (Å²) >= 11 is 1.65. The van der Waals surface area contributed by atoms with Gasteiger partial charge in [0.1, 0.15) is 6.04 Å². The molecule has 3 aliphatic heterocycles. The summed E-state index contributed by atoms with van der Waals surface area (Å²) in [5.41, 5.74) is 1.19. The van der Waals surface area contributed by atoms with Gasteiger partial charge in [0.05, 0.1) is 29.2 Å². The summed E-state index contributed by atoms with van der Waals surface area (Å²) in [6.07, 6.45) is 5.18. The summed E-state index contributed by atoms with van der Waals surface area (Å²) in [7, 11) is 0. The molecule has 0 aliphatic carbocycles. The molecule has 1 spiro atoms. The lowest BCUT2D eigenvalue weighted by Crippen LogP contribution is -2.61. The summed E-state index contributed by atoms with van der Waals surface area (Å²) in [5, 5.41) is 10.8. The summed E-state index contributed by atoms with van der Waals surface area (Å²) in [6, 6.07) is 17.8. The Morgan fingerprint density at radius 2 is 1.64 bits per heavy atom. The molecular formula is C36H45N3O4S. The van der Waals surface area contributed by atoms with E-state index in [1.165, 1.54) is 0 Å². The number of aliphatic hydroxyl groups excluding tert-OH is 1. The van der Waals surface area contributed by atoms with Crippen LogP contribution in [-0.2, 0) is 20.8 Å². The van der Waals surface area contributed by atoms with Crippen LogP contribution in [0.1, 0.15) is 46.1 Å². The number of amides is 3. The highest BCUT2D eigenvalue weighted by Crippen LogP contribution is 2.72. The molecule has 2 bridgehead atoms. The van der Waals surface area contributed by atoms with Gasteiger partial charge in [0.25, 0.3) is 0 Å². The van der Waals surface area contributed by atoms with Crippen molar-refractivity contribution < 1.29 is 19.5 Å². The van der Waals surface area contributed by atoms with Gasteiger partial charge in [0, 0.05) is 29.1 Å². The fraction of sp³-hybridized carbons (Fsp3) is 0.472. The lowest BCUT2D eigenvalue weighted by molar-refractivity contribution is -0.148. The third-order valence-electron chi connectivity index (χ3n) is 9.67. The van der Waals surface area contributed by atoms with E-state index in [4.69, 9.17) is 0 Å². The zero-order valence-corrected chi connectivity index (χ0v) is 27.1. The minimum absolute atomic E-state index is 0.124. The second-order valence-electron chi connectivity index (χ2n) is 13.5. The Balaban J connectivity index is 1.64. The van der Waals surface area contributed by atoms with E-state index in [0.717, 1.165) is 11.3 Å². The predicted molar refractivity (Wildman–Crippen MR) is 177 cm³/mol. The van der Waals surface area contributed by atoms with Crippen LogP contribution >= 0.6 is 11.8 Å². The first-order valence-corrected chi connectivity index (χ1v) is 16.3. The number of likely N-dealkylation sites (tertiary alicyclic amines) is 1. The fourth-order valence-corrected chi connectivity index (χ4v) is 10.1. The van der Waals surface area contributed by atoms with Gasteiger partial charge >= 0.3 is 0 Å². The number of para-hydroxylation sites is 1. The first-order chi connectivity index (χ1) is 20.9. The molecule has 3 aliphatic rings. The molecule has 234 valence electrons. The van der Waals surface area contributed by atoms with Gasteiger partial charge < -0.3 is 19.8 Å². The number of aliphatic hydroxyl groups is 1. The van der Waals surface area contributed by atoms with Gasteiger partial charge in [-0.05, 0) is 64.7 Å². The number of carbonyl (C=O) groups is 3. The van der Waals surface area contributed by atoms with Crippen molar-refractivity contribution in [2.24, 2.45) is 11.8 Å². The Morgan fingerprint density at radius 1 is 1.02 bits per heavy atom. The Bertz CT molecular complexity index is 1410. The predicted octanol–water partition coefficient (Wildman–Crippen LogP) is 5.10. The molecule has 8 heteroatoms. The Kier molecular flexibility index (Phi) is 8.89. The molecule has 7 nitrogen and oxygen atoms in total. The summed E-state index contributed by atoms with van der Waals surface area (Å²) in [5.74, 6) is -1.82. The number of benzene rings is 2. The lowest BCUT2D eigenvalue weighted by Gasteiger charge is -2.43. The van der Waals surface area contributed by atoms with Crippen molar-refractivity contribution in [3.05, 3.63) is 91.5 Å². The fourth-order valence-electron chi connectivity index (χ4n) is 7.75. The molecule has 0 saturated carbocycles. The Labute approximate surface area is 266 Å². The van der Waals surface area contributed by atoms with Crippen LogP contribution in [0.3, 0.4) is 0 Å². The largest absolute Gasteiger partial charge is 0.394 e. The maximum atomic E-state index is 14.9. The Morgan fingerprint density at radius 3 is 2.20 bits per heavy atom. The average Bonchev–Trinajstić information content (AvgIpc) is 3.57. The summed E-state index contributed by atoms with van der Waals surface area (Å²) in [6.45, 7) is 16.2.